The summed E-state index contributed by atoms with van der Waals surface area (Å²) in [5.74, 6) is 0.905. The highest BCUT2D eigenvalue weighted by atomic mass is 16.5. The van der Waals surface area contributed by atoms with Gasteiger partial charge >= 0.3 is 0 Å². The van der Waals surface area contributed by atoms with Crippen LogP contribution in [-0.4, -0.2) is 7.11 Å². The highest BCUT2D eigenvalue weighted by Gasteiger charge is 2.07. The standard InChI is InChI=1S/C18H23NO/c1-13-7-9-16(11-14(13)2)18(19)10-8-15-5-4-6-17(12-15)20-3/h4-7,9,11-12,18H,8,10,19H2,1-3H3. The van der Waals surface area contributed by atoms with Gasteiger partial charge in [0.1, 0.15) is 5.75 Å². The van der Waals surface area contributed by atoms with Crippen LogP contribution in [0.5, 0.6) is 5.75 Å². The maximum atomic E-state index is 6.30. The first-order valence-corrected chi connectivity index (χ1v) is 7.06. The fraction of sp³-hybridized carbons (Fsp3) is 0.333. The van der Waals surface area contributed by atoms with Gasteiger partial charge in [0.2, 0.25) is 0 Å². The topological polar surface area (TPSA) is 35.2 Å². The Labute approximate surface area is 121 Å². The van der Waals surface area contributed by atoms with Crippen LogP contribution in [0.3, 0.4) is 0 Å². The van der Waals surface area contributed by atoms with Crippen molar-refractivity contribution in [1.82, 2.24) is 0 Å². The van der Waals surface area contributed by atoms with Gasteiger partial charge in [0, 0.05) is 6.04 Å². The fourth-order valence-electron chi connectivity index (χ4n) is 2.31. The lowest BCUT2D eigenvalue weighted by Crippen LogP contribution is -2.11. The van der Waals surface area contributed by atoms with E-state index >= 15 is 0 Å². The van der Waals surface area contributed by atoms with E-state index in [4.69, 9.17) is 10.5 Å². The van der Waals surface area contributed by atoms with Crippen LogP contribution in [0, 0.1) is 13.8 Å². The lowest BCUT2D eigenvalue weighted by atomic mass is 9.97. The van der Waals surface area contributed by atoms with E-state index in [-0.39, 0.29) is 6.04 Å². The van der Waals surface area contributed by atoms with E-state index in [0.717, 1.165) is 18.6 Å². The van der Waals surface area contributed by atoms with Gasteiger partial charge in [-0.1, -0.05) is 30.3 Å². The van der Waals surface area contributed by atoms with Gasteiger partial charge in [-0.05, 0) is 61.1 Å². The Hall–Kier alpha value is -1.80. The Balaban J connectivity index is 2.00. The van der Waals surface area contributed by atoms with Crippen molar-refractivity contribution in [3.8, 4) is 5.75 Å². The molecule has 1 unspecified atom stereocenters. The molecule has 0 spiro atoms. The molecule has 0 heterocycles. The zero-order valence-corrected chi connectivity index (χ0v) is 12.5. The second-order valence-electron chi connectivity index (χ2n) is 5.34. The van der Waals surface area contributed by atoms with Crippen LogP contribution in [0.2, 0.25) is 0 Å². The summed E-state index contributed by atoms with van der Waals surface area (Å²) in [5, 5.41) is 0. The number of benzene rings is 2. The first kappa shape index (κ1) is 14.6. The number of nitrogens with two attached hydrogens (primary N) is 1. The van der Waals surface area contributed by atoms with Gasteiger partial charge in [0.05, 0.1) is 7.11 Å². The molecule has 0 aliphatic carbocycles. The average molecular weight is 269 g/mol. The Bertz CT molecular complexity index is 577. The predicted molar refractivity (Wildman–Crippen MR) is 84.2 cm³/mol. The van der Waals surface area contributed by atoms with Crippen LogP contribution in [0.1, 0.15) is 34.7 Å². The third kappa shape index (κ3) is 3.61. The monoisotopic (exact) mass is 269 g/mol. The van der Waals surface area contributed by atoms with Crippen molar-refractivity contribution in [2.75, 3.05) is 7.11 Å². The van der Waals surface area contributed by atoms with E-state index in [0.29, 0.717) is 0 Å². The largest absolute Gasteiger partial charge is 0.497 e. The molecule has 2 N–H and O–H groups in total. The molecular weight excluding hydrogens is 246 g/mol. The van der Waals surface area contributed by atoms with Crippen LogP contribution in [-0.2, 0) is 6.42 Å². The lowest BCUT2D eigenvalue weighted by Gasteiger charge is -2.14. The summed E-state index contributed by atoms with van der Waals surface area (Å²) in [6.45, 7) is 4.26. The minimum absolute atomic E-state index is 0.0838. The predicted octanol–water partition coefficient (Wildman–Crippen LogP) is 3.94. The number of methoxy groups -OCH3 is 1. The molecule has 0 amide bonds. The van der Waals surface area contributed by atoms with Crippen molar-refractivity contribution in [3.05, 3.63) is 64.7 Å². The molecule has 0 saturated carbocycles. The average Bonchev–Trinajstić information content (AvgIpc) is 2.47. The molecule has 2 nitrogen and oxygen atoms in total. The summed E-state index contributed by atoms with van der Waals surface area (Å²) in [7, 11) is 1.69. The van der Waals surface area contributed by atoms with Crippen molar-refractivity contribution < 1.29 is 4.74 Å². The first-order chi connectivity index (χ1) is 9.60. The second kappa shape index (κ2) is 6.58. The van der Waals surface area contributed by atoms with Gasteiger partial charge in [0.25, 0.3) is 0 Å². The smallest absolute Gasteiger partial charge is 0.119 e. The Morgan fingerprint density at radius 3 is 2.55 bits per heavy atom. The number of hydrogen-bond donors (Lipinski definition) is 1. The van der Waals surface area contributed by atoms with Gasteiger partial charge < -0.3 is 10.5 Å². The van der Waals surface area contributed by atoms with E-state index in [2.05, 4.69) is 44.2 Å². The highest BCUT2D eigenvalue weighted by molar-refractivity contribution is 5.32. The molecular formula is C18H23NO. The molecule has 106 valence electrons. The Morgan fingerprint density at radius 2 is 1.85 bits per heavy atom. The zero-order valence-electron chi connectivity index (χ0n) is 12.5. The van der Waals surface area contributed by atoms with E-state index < -0.39 is 0 Å². The molecule has 2 aromatic carbocycles. The summed E-state index contributed by atoms with van der Waals surface area (Å²) in [6, 6.07) is 14.8. The molecule has 1 atom stereocenters. The highest BCUT2D eigenvalue weighted by Crippen LogP contribution is 2.21. The molecule has 2 rings (SSSR count). The molecule has 0 aliphatic rings. The summed E-state index contributed by atoms with van der Waals surface area (Å²) in [4.78, 5) is 0. The van der Waals surface area contributed by atoms with Gasteiger partial charge in [-0.25, -0.2) is 0 Å². The summed E-state index contributed by atoms with van der Waals surface area (Å²) in [5.41, 5.74) is 11.4. The molecule has 2 heteroatoms. The minimum atomic E-state index is 0.0838. The van der Waals surface area contributed by atoms with Crippen LogP contribution < -0.4 is 10.5 Å². The maximum absolute atomic E-state index is 6.30. The van der Waals surface area contributed by atoms with Crippen molar-refractivity contribution in [2.24, 2.45) is 5.73 Å². The van der Waals surface area contributed by atoms with Gasteiger partial charge in [-0.2, -0.15) is 0 Å². The van der Waals surface area contributed by atoms with Crippen LogP contribution >= 0.6 is 0 Å². The zero-order chi connectivity index (χ0) is 14.5. The third-order valence-corrected chi connectivity index (χ3v) is 3.84. The summed E-state index contributed by atoms with van der Waals surface area (Å²) < 4.78 is 5.24. The van der Waals surface area contributed by atoms with Crippen molar-refractivity contribution >= 4 is 0 Å². The third-order valence-electron chi connectivity index (χ3n) is 3.84. The molecule has 2 aromatic rings. The molecule has 0 aromatic heterocycles. The Kier molecular flexibility index (Phi) is 4.80. The van der Waals surface area contributed by atoms with Gasteiger partial charge in [-0.15, -0.1) is 0 Å². The normalized spacial score (nSPS) is 12.2. The van der Waals surface area contributed by atoms with Gasteiger partial charge in [0.15, 0.2) is 0 Å². The van der Waals surface area contributed by atoms with E-state index in [1.807, 2.05) is 12.1 Å². The number of aryl methyl sites for hydroxylation is 3. The number of rotatable bonds is 5. The molecule has 0 aliphatic heterocycles. The fourth-order valence-corrected chi connectivity index (χ4v) is 2.31. The second-order valence-corrected chi connectivity index (χ2v) is 5.34. The molecule has 0 radical (unpaired) electrons. The van der Waals surface area contributed by atoms with Crippen molar-refractivity contribution in [3.63, 3.8) is 0 Å². The number of ether oxygens (including phenoxy) is 1. The maximum Gasteiger partial charge on any atom is 0.119 e. The van der Waals surface area contributed by atoms with Crippen molar-refractivity contribution in [1.29, 1.82) is 0 Å². The SMILES string of the molecule is COc1cccc(CCC(N)c2ccc(C)c(C)c2)c1. The van der Waals surface area contributed by atoms with E-state index in [9.17, 15) is 0 Å². The van der Waals surface area contributed by atoms with Crippen LogP contribution in [0.15, 0.2) is 42.5 Å². The number of hydrogen-bond acceptors (Lipinski definition) is 2. The van der Waals surface area contributed by atoms with Crippen LogP contribution in [0.25, 0.3) is 0 Å². The van der Waals surface area contributed by atoms with Crippen LogP contribution in [0.4, 0.5) is 0 Å². The quantitative estimate of drug-likeness (QED) is 0.892. The molecule has 0 bridgehead atoms. The van der Waals surface area contributed by atoms with E-state index in [1.54, 1.807) is 7.11 Å². The van der Waals surface area contributed by atoms with Gasteiger partial charge in [-0.3, -0.25) is 0 Å². The van der Waals surface area contributed by atoms with E-state index in [1.165, 1.54) is 22.3 Å². The minimum Gasteiger partial charge on any atom is -0.497 e. The summed E-state index contributed by atoms with van der Waals surface area (Å²) in [6.07, 6.45) is 1.90. The first-order valence-electron chi connectivity index (χ1n) is 7.06. The lowest BCUT2D eigenvalue weighted by molar-refractivity contribution is 0.414. The van der Waals surface area contributed by atoms with Crippen molar-refractivity contribution in [2.45, 2.75) is 32.7 Å². The molecule has 0 saturated heterocycles. The molecule has 0 fully saturated rings. The molecule has 20 heavy (non-hydrogen) atoms. The Morgan fingerprint density at radius 1 is 1.05 bits per heavy atom. The summed E-state index contributed by atoms with van der Waals surface area (Å²) >= 11 is 0.